The Labute approximate surface area is 227 Å². The second-order valence-corrected chi connectivity index (χ2v) is 10.7. The number of benzene rings is 1. The molecule has 1 spiro atoms. The van der Waals surface area contributed by atoms with Gasteiger partial charge in [-0.2, -0.15) is 0 Å². The van der Waals surface area contributed by atoms with Crippen molar-refractivity contribution in [2.24, 2.45) is 11.8 Å². The quantitative estimate of drug-likeness (QED) is 0.414. The zero-order valence-corrected chi connectivity index (χ0v) is 21.9. The normalized spacial score (nSPS) is 33.6. The molecule has 3 fully saturated rings. The van der Waals surface area contributed by atoms with Crippen molar-refractivity contribution in [2.75, 3.05) is 59.2 Å². The Morgan fingerprint density at radius 3 is 2.56 bits per heavy atom. The largest absolute Gasteiger partial charge is 0.465 e. The number of fused-ring (bicyclic) bond motifs is 2. The average molecular weight is 538 g/mol. The predicted molar refractivity (Wildman–Crippen MR) is 139 cm³/mol. The molecule has 5 heterocycles. The molecule has 0 bridgehead atoms. The van der Waals surface area contributed by atoms with E-state index < -0.39 is 41.6 Å². The van der Waals surface area contributed by atoms with Crippen LogP contribution in [0.3, 0.4) is 0 Å². The smallest absolute Gasteiger partial charge is 0.312 e. The van der Waals surface area contributed by atoms with Gasteiger partial charge in [0.1, 0.15) is 17.6 Å². The van der Waals surface area contributed by atoms with Gasteiger partial charge in [0.2, 0.25) is 11.8 Å². The molecule has 5 aliphatic heterocycles. The number of hydrogen-bond acceptors (Lipinski definition) is 8. The van der Waals surface area contributed by atoms with Crippen molar-refractivity contribution in [2.45, 2.75) is 30.2 Å². The van der Waals surface area contributed by atoms with E-state index in [-0.39, 0.29) is 25.0 Å². The summed E-state index contributed by atoms with van der Waals surface area (Å²) < 4.78 is 17.6. The second-order valence-electron chi connectivity index (χ2n) is 10.7. The number of nitrogens with zero attached hydrogens (tertiary/aromatic N) is 3. The molecule has 0 aromatic heterocycles. The van der Waals surface area contributed by atoms with Gasteiger partial charge < -0.3 is 29.1 Å². The summed E-state index contributed by atoms with van der Waals surface area (Å²) in [5, 5.41) is 10.6. The van der Waals surface area contributed by atoms with E-state index in [0.29, 0.717) is 44.8 Å². The molecule has 39 heavy (non-hydrogen) atoms. The highest BCUT2D eigenvalue weighted by Crippen LogP contribution is 2.54. The maximum absolute atomic E-state index is 14.4. The van der Waals surface area contributed by atoms with Gasteiger partial charge in [0.15, 0.2) is 0 Å². The van der Waals surface area contributed by atoms with Crippen LogP contribution in [0, 0.1) is 11.8 Å². The Balaban J connectivity index is 1.40. The number of ether oxygens (including phenoxy) is 3. The highest BCUT2D eigenvalue weighted by molar-refractivity contribution is 5.99. The van der Waals surface area contributed by atoms with Crippen molar-refractivity contribution >= 4 is 17.8 Å². The molecule has 2 amide bonds. The molecular formula is C29H35N3O7. The number of esters is 1. The highest BCUT2D eigenvalue weighted by atomic mass is 16.6. The number of carbonyl (C=O) groups excluding carboxylic acids is 3. The summed E-state index contributed by atoms with van der Waals surface area (Å²) in [5.41, 5.74) is -0.645. The molecule has 10 nitrogen and oxygen atoms in total. The molecule has 6 atom stereocenters. The van der Waals surface area contributed by atoms with Crippen molar-refractivity contribution in [3.05, 3.63) is 60.2 Å². The van der Waals surface area contributed by atoms with Gasteiger partial charge in [-0.05, 0) is 12.0 Å². The van der Waals surface area contributed by atoms with Crippen LogP contribution in [0.5, 0.6) is 0 Å². The van der Waals surface area contributed by atoms with Crippen LogP contribution in [-0.4, -0.2) is 114 Å². The standard InChI is InChI=1S/C29H35N3O7/c33-19-21(20-7-2-1-3-8-20)32-25-27(35)31(13-12-30-14-17-37-18-15-30)11-6-10-29(25)24(26(32)34)23-22(39-29)9-4-5-16-38-28(23)36/h1-4,6-10,21-25,33H,5,11-19H2/t21-,22+,23-,24+,25?,29+/m1/s1. The van der Waals surface area contributed by atoms with Gasteiger partial charge in [0.05, 0.1) is 44.5 Å². The molecule has 0 aliphatic carbocycles. The molecule has 0 saturated carbocycles. The van der Waals surface area contributed by atoms with E-state index in [2.05, 4.69) is 4.90 Å². The first kappa shape index (κ1) is 26.2. The lowest BCUT2D eigenvalue weighted by Crippen LogP contribution is -2.57. The third-order valence-corrected chi connectivity index (χ3v) is 8.62. The summed E-state index contributed by atoms with van der Waals surface area (Å²) in [7, 11) is 0. The minimum Gasteiger partial charge on any atom is -0.465 e. The SMILES string of the molecule is O=C1OCCC=C[C@@H]2O[C@]34C=CCN(CCN5CCOCC5)C(=O)C3N([C@H](CO)c3ccccc3)C(=O)[C@@H]4[C@H]12. The van der Waals surface area contributed by atoms with E-state index in [1.807, 2.05) is 54.6 Å². The third kappa shape index (κ3) is 4.49. The van der Waals surface area contributed by atoms with Crippen molar-refractivity contribution in [1.82, 2.24) is 14.7 Å². The first-order valence-corrected chi connectivity index (χ1v) is 13.8. The molecule has 3 saturated heterocycles. The number of aliphatic hydroxyl groups excluding tert-OH is 1. The summed E-state index contributed by atoms with van der Waals surface area (Å²) >= 11 is 0. The molecule has 1 aromatic carbocycles. The molecule has 1 aromatic rings. The predicted octanol–water partition coefficient (Wildman–Crippen LogP) is 0.535. The van der Waals surface area contributed by atoms with Crippen LogP contribution in [0.2, 0.25) is 0 Å². The van der Waals surface area contributed by atoms with Crippen LogP contribution in [0.1, 0.15) is 18.0 Å². The fourth-order valence-electron chi connectivity index (χ4n) is 6.75. The van der Waals surface area contributed by atoms with E-state index in [1.165, 1.54) is 4.90 Å². The van der Waals surface area contributed by atoms with Gasteiger partial charge in [-0.25, -0.2) is 0 Å². The maximum Gasteiger partial charge on any atom is 0.312 e. The average Bonchev–Trinajstić information content (AvgIpc) is 3.33. The summed E-state index contributed by atoms with van der Waals surface area (Å²) in [6.45, 7) is 4.32. The molecule has 208 valence electrons. The Kier molecular flexibility index (Phi) is 7.28. The van der Waals surface area contributed by atoms with E-state index in [9.17, 15) is 19.5 Å². The van der Waals surface area contributed by atoms with Gasteiger partial charge in [0, 0.05) is 32.7 Å². The third-order valence-electron chi connectivity index (χ3n) is 8.62. The lowest BCUT2D eigenvalue weighted by molar-refractivity contribution is -0.156. The number of amides is 2. The number of hydrogen-bond donors (Lipinski definition) is 1. The van der Waals surface area contributed by atoms with Crippen molar-refractivity contribution in [3.8, 4) is 0 Å². The minimum atomic E-state index is -1.35. The van der Waals surface area contributed by atoms with E-state index in [4.69, 9.17) is 14.2 Å². The van der Waals surface area contributed by atoms with E-state index in [0.717, 1.165) is 13.1 Å². The Hall–Kier alpha value is -3.05. The van der Waals surface area contributed by atoms with Crippen molar-refractivity contribution < 1.29 is 33.7 Å². The first-order valence-electron chi connectivity index (χ1n) is 13.8. The Morgan fingerprint density at radius 1 is 1.00 bits per heavy atom. The fourth-order valence-corrected chi connectivity index (χ4v) is 6.75. The molecule has 5 aliphatic rings. The molecule has 10 heteroatoms. The molecular weight excluding hydrogens is 502 g/mol. The lowest BCUT2D eigenvalue weighted by atomic mass is 9.77. The summed E-state index contributed by atoms with van der Waals surface area (Å²) in [5.74, 6) is -2.94. The van der Waals surface area contributed by atoms with Crippen LogP contribution in [0.4, 0.5) is 0 Å². The minimum absolute atomic E-state index is 0.229. The number of morpholine rings is 1. The Morgan fingerprint density at radius 2 is 1.79 bits per heavy atom. The highest BCUT2D eigenvalue weighted by Gasteiger charge is 2.72. The molecule has 1 unspecified atom stereocenters. The first-order chi connectivity index (χ1) is 19.0. The second kappa shape index (κ2) is 10.8. The topological polar surface area (TPSA) is 109 Å². The van der Waals surface area contributed by atoms with Gasteiger partial charge >= 0.3 is 5.97 Å². The number of likely N-dealkylation sites (tertiary alicyclic amines) is 1. The van der Waals surface area contributed by atoms with Gasteiger partial charge in [0.25, 0.3) is 0 Å². The summed E-state index contributed by atoms with van der Waals surface area (Å²) in [6, 6.07) is 7.38. The van der Waals surface area contributed by atoms with Gasteiger partial charge in [-0.3, -0.25) is 19.3 Å². The number of aliphatic hydroxyl groups is 1. The zero-order valence-electron chi connectivity index (χ0n) is 21.9. The Bertz CT molecular complexity index is 1150. The summed E-state index contributed by atoms with van der Waals surface area (Å²) in [6.07, 6.45) is 7.30. The monoisotopic (exact) mass is 537 g/mol. The number of rotatable bonds is 6. The zero-order chi connectivity index (χ0) is 27.0. The fraction of sp³-hybridized carbons (Fsp3) is 0.552. The van der Waals surface area contributed by atoms with Crippen LogP contribution in [0.25, 0.3) is 0 Å². The van der Waals surface area contributed by atoms with Crippen molar-refractivity contribution in [3.63, 3.8) is 0 Å². The summed E-state index contributed by atoms with van der Waals surface area (Å²) in [4.78, 5) is 47.5. The van der Waals surface area contributed by atoms with Crippen LogP contribution < -0.4 is 0 Å². The van der Waals surface area contributed by atoms with Crippen LogP contribution in [0.15, 0.2) is 54.6 Å². The van der Waals surface area contributed by atoms with Crippen LogP contribution >= 0.6 is 0 Å². The number of carbonyl (C=O) groups is 3. The lowest BCUT2D eigenvalue weighted by Gasteiger charge is -2.39. The van der Waals surface area contributed by atoms with Crippen molar-refractivity contribution in [1.29, 1.82) is 0 Å². The van der Waals surface area contributed by atoms with E-state index in [1.54, 1.807) is 4.90 Å². The van der Waals surface area contributed by atoms with Crippen LogP contribution in [-0.2, 0) is 28.6 Å². The van der Waals surface area contributed by atoms with E-state index >= 15 is 0 Å². The molecule has 6 rings (SSSR count). The molecule has 1 N–H and O–H groups in total. The molecule has 0 radical (unpaired) electrons. The maximum atomic E-state index is 14.4. The number of cyclic esters (lactones) is 1. The van der Waals surface area contributed by atoms with Gasteiger partial charge in [-0.1, -0.05) is 54.6 Å². The van der Waals surface area contributed by atoms with Gasteiger partial charge in [-0.15, -0.1) is 0 Å².